The van der Waals surface area contributed by atoms with Gasteiger partial charge in [-0.25, -0.2) is 0 Å². The highest BCUT2D eigenvalue weighted by Crippen LogP contribution is 2.47. The van der Waals surface area contributed by atoms with Gasteiger partial charge in [0, 0.05) is 54.5 Å². The minimum absolute atomic E-state index is 0.0262. The summed E-state index contributed by atoms with van der Waals surface area (Å²) in [6.07, 6.45) is 2.85. The number of aliphatic hydroxyl groups is 1. The molecule has 0 aliphatic carbocycles. The molecule has 174 valence electrons. The molecule has 2 saturated heterocycles. The molecule has 2 aromatic carbocycles. The highest BCUT2D eigenvalue weighted by Gasteiger charge is 2.45. The quantitative estimate of drug-likeness (QED) is 0.526. The Labute approximate surface area is 196 Å². The minimum Gasteiger partial charge on any atom is -0.507 e. The monoisotopic (exact) mass is 470 g/mol. The average molecular weight is 471 g/mol. The number of nitrogens with zero attached hydrogens (tertiary/aromatic N) is 2. The number of hydrogen-bond donors (Lipinski definition) is 3. The van der Waals surface area contributed by atoms with Crippen LogP contribution in [0.25, 0.3) is 22.3 Å². The maximum absolute atomic E-state index is 13.1. The van der Waals surface area contributed by atoms with Gasteiger partial charge in [0.25, 0.3) is 0 Å². The van der Waals surface area contributed by atoms with Gasteiger partial charge in [0.2, 0.25) is 0 Å². The summed E-state index contributed by atoms with van der Waals surface area (Å²) in [4.78, 5) is 17.1. The summed E-state index contributed by atoms with van der Waals surface area (Å²) < 4.78 is 6.16. The van der Waals surface area contributed by atoms with Crippen LogP contribution in [0.15, 0.2) is 39.5 Å². The molecule has 3 heterocycles. The van der Waals surface area contributed by atoms with Gasteiger partial charge in [-0.05, 0) is 51.4 Å². The molecule has 1 aromatic heterocycles. The first-order chi connectivity index (χ1) is 15.7. The van der Waals surface area contributed by atoms with Crippen molar-refractivity contribution in [1.29, 1.82) is 0 Å². The van der Waals surface area contributed by atoms with Gasteiger partial charge < -0.3 is 24.6 Å². The Bertz CT molecular complexity index is 1300. The number of hydrogen-bond acceptors (Lipinski definition) is 7. The van der Waals surface area contributed by atoms with Crippen LogP contribution in [0.1, 0.15) is 37.7 Å². The largest absolute Gasteiger partial charge is 0.507 e. The van der Waals surface area contributed by atoms with Crippen molar-refractivity contribution in [1.82, 2.24) is 4.90 Å². The van der Waals surface area contributed by atoms with E-state index in [9.17, 15) is 20.1 Å². The molecule has 2 aliphatic rings. The molecule has 2 aliphatic heterocycles. The Morgan fingerprint density at radius 2 is 1.82 bits per heavy atom. The average Bonchev–Trinajstić information content (AvgIpc) is 3.37. The Morgan fingerprint density at radius 3 is 2.45 bits per heavy atom. The van der Waals surface area contributed by atoms with Gasteiger partial charge in [-0.15, -0.1) is 0 Å². The molecule has 2 unspecified atom stereocenters. The molecule has 8 heteroatoms. The van der Waals surface area contributed by atoms with Crippen LogP contribution in [0.4, 0.5) is 5.69 Å². The number of aromatic hydroxyl groups is 2. The molecule has 0 saturated carbocycles. The van der Waals surface area contributed by atoms with Crippen LogP contribution in [-0.2, 0) is 0 Å². The van der Waals surface area contributed by atoms with Gasteiger partial charge in [-0.3, -0.25) is 9.69 Å². The smallest absolute Gasteiger partial charge is 0.197 e. The summed E-state index contributed by atoms with van der Waals surface area (Å²) in [6.45, 7) is 4.24. The maximum atomic E-state index is 13.1. The van der Waals surface area contributed by atoms with Crippen LogP contribution in [0.3, 0.4) is 0 Å². The predicted molar refractivity (Wildman–Crippen MR) is 128 cm³/mol. The SMILES string of the molecule is CN1CCC(c2c(O)cc(O)c3c(=O)cc(-c4ccc(N5CCCC5)cc4Cl)oc23)C1(C)O. The van der Waals surface area contributed by atoms with Gasteiger partial charge in [-0.2, -0.15) is 0 Å². The van der Waals surface area contributed by atoms with Crippen molar-refractivity contribution in [3.05, 3.63) is 51.1 Å². The first-order valence-corrected chi connectivity index (χ1v) is 11.6. The van der Waals surface area contributed by atoms with Crippen molar-refractivity contribution in [2.45, 2.75) is 37.8 Å². The minimum atomic E-state index is -1.26. The van der Waals surface area contributed by atoms with Crippen molar-refractivity contribution in [2.24, 2.45) is 0 Å². The number of likely N-dealkylation sites (N-methyl/N-ethyl adjacent to an activating group) is 1. The first kappa shape index (κ1) is 22.1. The zero-order valence-corrected chi connectivity index (χ0v) is 19.4. The van der Waals surface area contributed by atoms with Crippen LogP contribution in [-0.4, -0.2) is 52.6 Å². The van der Waals surface area contributed by atoms with E-state index in [0.717, 1.165) is 37.7 Å². The topological polar surface area (TPSA) is 97.4 Å². The lowest BCUT2D eigenvalue weighted by Gasteiger charge is -2.32. The molecule has 3 N–H and O–H groups in total. The number of phenols is 2. The van der Waals surface area contributed by atoms with E-state index in [0.29, 0.717) is 29.1 Å². The van der Waals surface area contributed by atoms with Crippen molar-refractivity contribution in [3.63, 3.8) is 0 Å². The molecule has 0 bridgehead atoms. The van der Waals surface area contributed by atoms with E-state index in [1.807, 2.05) is 18.2 Å². The van der Waals surface area contributed by atoms with Crippen LogP contribution in [0.5, 0.6) is 11.5 Å². The molecular weight excluding hydrogens is 444 g/mol. The Kier molecular flexibility index (Phi) is 5.31. The number of halogens is 1. The Morgan fingerprint density at radius 1 is 1.09 bits per heavy atom. The summed E-state index contributed by atoms with van der Waals surface area (Å²) in [6, 6.07) is 8.08. The van der Waals surface area contributed by atoms with Gasteiger partial charge in [0.05, 0.1) is 5.02 Å². The number of phenolic OH excluding ortho intramolecular Hbond substituents is 2. The highest BCUT2D eigenvalue weighted by molar-refractivity contribution is 6.33. The van der Waals surface area contributed by atoms with Crippen molar-refractivity contribution in [2.75, 3.05) is 31.6 Å². The normalized spacial score (nSPS) is 23.6. The molecule has 0 radical (unpaired) electrons. The first-order valence-electron chi connectivity index (χ1n) is 11.2. The predicted octanol–water partition coefficient (Wildman–Crippen LogP) is 4.25. The van der Waals surface area contributed by atoms with Gasteiger partial charge >= 0.3 is 0 Å². The fraction of sp³-hybridized carbons (Fsp3) is 0.400. The zero-order chi connectivity index (χ0) is 23.5. The van der Waals surface area contributed by atoms with E-state index in [4.69, 9.17) is 16.0 Å². The highest BCUT2D eigenvalue weighted by atomic mass is 35.5. The van der Waals surface area contributed by atoms with Crippen LogP contribution < -0.4 is 10.3 Å². The molecule has 7 nitrogen and oxygen atoms in total. The van der Waals surface area contributed by atoms with Gasteiger partial charge in [0.15, 0.2) is 5.43 Å². The third-order valence-corrected chi connectivity index (χ3v) is 7.53. The lowest BCUT2D eigenvalue weighted by molar-refractivity contribution is -0.0627. The number of anilines is 1. The lowest BCUT2D eigenvalue weighted by atomic mass is 9.87. The van der Waals surface area contributed by atoms with E-state index < -0.39 is 17.1 Å². The maximum Gasteiger partial charge on any atom is 0.197 e. The standard InChI is InChI=1S/C25H27ClN2O5/c1-25(32)16(7-10-27(25)2)22-18(29)12-19(30)23-20(31)13-21(33-24(22)23)15-6-5-14(11-17(15)26)28-8-3-4-9-28/h5-6,11-13,16,29-30,32H,3-4,7-10H2,1-2H3. The van der Waals surface area contributed by atoms with E-state index in [1.165, 1.54) is 6.07 Å². The summed E-state index contributed by atoms with van der Waals surface area (Å²) in [5, 5.41) is 32.7. The molecule has 2 fully saturated rings. The fourth-order valence-electron chi connectivity index (χ4n) is 5.17. The van der Waals surface area contributed by atoms with E-state index in [-0.39, 0.29) is 28.2 Å². The number of likely N-dealkylation sites (tertiary alicyclic amines) is 1. The van der Waals surface area contributed by atoms with Gasteiger partial charge in [-0.1, -0.05) is 11.6 Å². The van der Waals surface area contributed by atoms with Crippen molar-refractivity contribution >= 4 is 28.3 Å². The number of rotatable bonds is 3. The van der Waals surface area contributed by atoms with Crippen molar-refractivity contribution < 1.29 is 19.7 Å². The Balaban J connectivity index is 1.69. The second-order valence-corrected chi connectivity index (χ2v) is 9.63. The molecule has 0 spiro atoms. The molecule has 0 amide bonds. The second-order valence-electron chi connectivity index (χ2n) is 9.22. The van der Waals surface area contributed by atoms with Crippen LogP contribution >= 0.6 is 11.6 Å². The van der Waals surface area contributed by atoms with Gasteiger partial charge in [0.1, 0.15) is 34.0 Å². The molecule has 2 atom stereocenters. The molecule has 5 rings (SSSR count). The summed E-state index contributed by atoms with van der Waals surface area (Å²) >= 11 is 6.61. The summed E-state index contributed by atoms with van der Waals surface area (Å²) in [7, 11) is 1.79. The number of benzene rings is 2. The van der Waals surface area contributed by atoms with Crippen molar-refractivity contribution in [3.8, 4) is 22.8 Å². The van der Waals surface area contributed by atoms with E-state index in [2.05, 4.69) is 4.90 Å². The van der Waals surface area contributed by atoms with Crippen LogP contribution in [0.2, 0.25) is 5.02 Å². The summed E-state index contributed by atoms with van der Waals surface area (Å²) in [5.41, 5.74) is 0.227. The van der Waals surface area contributed by atoms with E-state index in [1.54, 1.807) is 18.9 Å². The summed E-state index contributed by atoms with van der Waals surface area (Å²) in [5.74, 6) is -0.871. The fourth-order valence-corrected chi connectivity index (χ4v) is 5.44. The third-order valence-electron chi connectivity index (χ3n) is 7.22. The third kappa shape index (κ3) is 3.55. The molecule has 33 heavy (non-hydrogen) atoms. The van der Waals surface area contributed by atoms with E-state index >= 15 is 0 Å². The van der Waals surface area contributed by atoms with Crippen LogP contribution in [0, 0.1) is 0 Å². The zero-order valence-electron chi connectivity index (χ0n) is 18.6. The lowest BCUT2D eigenvalue weighted by Crippen LogP contribution is -2.41. The molecule has 3 aromatic rings. The molecular formula is C25H27ClN2O5. The second kappa shape index (κ2) is 7.94. The Hall–Kier alpha value is -2.74. The number of fused-ring (bicyclic) bond motifs is 1.